The monoisotopic (exact) mass is 501 g/mol. The van der Waals surface area contributed by atoms with Crippen molar-refractivity contribution < 1.29 is 4.79 Å². The zero-order valence-electron chi connectivity index (χ0n) is 22.3. The van der Waals surface area contributed by atoms with E-state index in [2.05, 4.69) is 96.5 Å². The van der Waals surface area contributed by atoms with Crippen LogP contribution in [0.5, 0.6) is 0 Å². The molecular weight excluding hydrogens is 466 g/mol. The average molecular weight is 502 g/mol. The van der Waals surface area contributed by atoms with Gasteiger partial charge in [-0.2, -0.15) is 0 Å². The highest BCUT2D eigenvalue weighted by Crippen LogP contribution is 2.24. The van der Waals surface area contributed by atoms with Crippen molar-refractivity contribution in [1.29, 1.82) is 0 Å². The molecule has 6 rings (SSSR count). The number of benzene rings is 4. The molecule has 0 atom stereocenters. The molecule has 1 aliphatic rings. The van der Waals surface area contributed by atoms with Crippen LogP contribution in [-0.4, -0.2) is 53.4 Å². The Kier molecular flexibility index (Phi) is 6.73. The number of carbonyl (C=O) groups is 1. The van der Waals surface area contributed by atoms with E-state index in [0.717, 1.165) is 51.1 Å². The highest BCUT2D eigenvalue weighted by atomic mass is 16.2. The lowest BCUT2D eigenvalue weighted by molar-refractivity contribution is 0.0638. The summed E-state index contributed by atoms with van der Waals surface area (Å²) in [4.78, 5) is 21.1. The molecule has 0 saturated carbocycles. The molecule has 1 fully saturated rings. The maximum atomic E-state index is 13.2. The number of aromatic amines is 1. The van der Waals surface area contributed by atoms with Crippen molar-refractivity contribution in [2.75, 3.05) is 32.7 Å². The highest BCUT2D eigenvalue weighted by Gasteiger charge is 2.22. The van der Waals surface area contributed by atoms with Gasteiger partial charge in [-0.3, -0.25) is 9.69 Å². The van der Waals surface area contributed by atoms with Gasteiger partial charge in [0, 0.05) is 54.9 Å². The minimum Gasteiger partial charge on any atom is -0.358 e. The van der Waals surface area contributed by atoms with E-state index in [9.17, 15) is 4.79 Å². The zero-order valence-corrected chi connectivity index (χ0v) is 22.3. The number of hydrogen-bond donors (Lipinski definition) is 1. The van der Waals surface area contributed by atoms with Crippen LogP contribution in [-0.2, 0) is 12.8 Å². The maximum Gasteiger partial charge on any atom is 0.253 e. The predicted molar refractivity (Wildman–Crippen MR) is 157 cm³/mol. The molecule has 0 aliphatic carbocycles. The third-order valence-corrected chi connectivity index (χ3v) is 8.17. The molecule has 1 saturated heterocycles. The number of amides is 1. The first-order valence-corrected chi connectivity index (χ1v) is 13.7. The third kappa shape index (κ3) is 5.09. The lowest BCUT2D eigenvalue weighted by Crippen LogP contribution is -2.49. The molecule has 4 nitrogen and oxygen atoms in total. The minimum atomic E-state index is 0.144. The Bertz CT molecular complexity index is 1590. The number of fused-ring (bicyclic) bond motifs is 2. The van der Waals surface area contributed by atoms with E-state index in [1.54, 1.807) is 0 Å². The van der Waals surface area contributed by atoms with Gasteiger partial charge in [0.05, 0.1) is 0 Å². The van der Waals surface area contributed by atoms with Gasteiger partial charge in [0.2, 0.25) is 0 Å². The Hall–Kier alpha value is -3.89. The Labute approximate surface area is 224 Å². The Morgan fingerprint density at radius 3 is 2.26 bits per heavy atom. The van der Waals surface area contributed by atoms with Crippen molar-refractivity contribution >= 4 is 27.6 Å². The van der Waals surface area contributed by atoms with E-state index < -0.39 is 0 Å². The van der Waals surface area contributed by atoms with Crippen molar-refractivity contribution in [2.45, 2.75) is 26.7 Å². The summed E-state index contributed by atoms with van der Waals surface area (Å²) in [6.07, 6.45) is 1.90. The lowest BCUT2D eigenvalue weighted by atomic mass is 10.0. The molecule has 0 radical (unpaired) electrons. The van der Waals surface area contributed by atoms with Crippen LogP contribution in [0.1, 0.15) is 38.3 Å². The van der Waals surface area contributed by atoms with E-state index in [4.69, 9.17) is 0 Å². The van der Waals surface area contributed by atoms with E-state index in [1.165, 1.54) is 49.6 Å². The molecule has 0 bridgehead atoms. The normalized spacial score (nSPS) is 14.4. The van der Waals surface area contributed by atoms with Crippen LogP contribution < -0.4 is 0 Å². The number of rotatable bonds is 6. The molecule has 38 heavy (non-hydrogen) atoms. The molecule has 2 heterocycles. The summed E-state index contributed by atoms with van der Waals surface area (Å²) >= 11 is 0. The van der Waals surface area contributed by atoms with Crippen LogP contribution in [0, 0.1) is 13.8 Å². The van der Waals surface area contributed by atoms with Gasteiger partial charge in [0.15, 0.2) is 0 Å². The van der Waals surface area contributed by atoms with E-state index in [-0.39, 0.29) is 5.91 Å². The molecule has 1 aromatic heterocycles. The number of nitrogens with zero attached hydrogens (tertiary/aromatic N) is 2. The summed E-state index contributed by atoms with van der Waals surface area (Å²) in [7, 11) is 0. The largest absolute Gasteiger partial charge is 0.358 e. The van der Waals surface area contributed by atoms with Gasteiger partial charge in [-0.25, -0.2) is 0 Å². The summed E-state index contributed by atoms with van der Waals surface area (Å²) in [6.45, 7) is 8.75. The van der Waals surface area contributed by atoms with Crippen LogP contribution in [0.3, 0.4) is 0 Å². The molecule has 4 aromatic carbocycles. The van der Waals surface area contributed by atoms with Gasteiger partial charge in [0.1, 0.15) is 0 Å². The molecule has 5 aromatic rings. The molecular formula is C34H35N3O. The maximum absolute atomic E-state index is 13.2. The summed E-state index contributed by atoms with van der Waals surface area (Å²) in [5, 5.41) is 3.89. The van der Waals surface area contributed by atoms with Crippen molar-refractivity contribution in [1.82, 2.24) is 14.8 Å². The van der Waals surface area contributed by atoms with Crippen molar-refractivity contribution in [3.63, 3.8) is 0 Å². The van der Waals surface area contributed by atoms with Gasteiger partial charge in [0.25, 0.3) is 5.91 Å². The standard InChI is InChI=1S/C34H35N3O/c1-24-25(2)35-33-14-10-28(23-32(24)33)21-26-8-12-30(13-9-26)34(38)37-19-17-36(18-20-37)16-15-27-7-11-29-5-3-4-6-31(29)22-27/h3-14,22-23,35H,15-21H2,1-2H3. The second-order valence-electron chi connectivity index (χ2n) is 10.7. The Morgan fingerprint density at radius 1 is 0.763 bits per heavy atom. The van der Waals surface area contributed by atoms with Gasteiger partial charge in [-0.1, -0.05) is 60.7 Å². The van der Waals surface area contributed by atoms with Crippen LogP contribution in [0.4, 0.5) is 0 Å². The molecule has 1 aliphatic heterocycles. The topological polar surface area (TPSA) is 39.3 Å². The first-order chi connectivity index (χ1) is 18.5. The number of H-pyrrole nitrogens is 1. The summed E-state index contributed by atoms with van der Waals surface area (Å²) in [6, 6.07) is 30.1. The number of piperazine rings is 1. The fourth-order valence-corrected chi connectivity index (χ4v) is 5.66. The predicted octanol–water partition coefficient (Wildman–Crippen LogP) is 6.53. The first-order valence-electron chi connectivity index (χ1n) is 13.7. The van der Waals surface area contributed by atoms with Crippen molar-refractivity contribution in [3.05, 3.63) is 118 Å². The van der Waals surface area contributed by atoms with Crippen LogP contribution in [0.25, 0.3) is 21.7 Å². The quantitative estimate of drug-likeness (QED) is 0.287. The zero-order chi connectivity index (χ0) is 26.1. The van der Waals surface area contributed by atoms with Crippen molar-refractivity contribution in [2.24, 2.45) is 0 Å². The molecule has 1 amide bonds. The van der Waals surface area contributed by atoms with Gasteiger partial charge in [-0.15, -0.1) is 0 Å². The Balaban J connectivity index is 1.02. The fourth-order valence-electron chi connectivity index (χ4n) is 5.66. The smallest absolute Gasteiger partial charge is 0.253 e. The summed E-state index contributed by atoms with van der Waals surface area (Å²) in [5.74, 6) is 0.144. The van der Waals surface area contributed by atoms with Crippen LogP contribution in [0.15, 0.2) is 84.9 Å². The van der Waals surface area contributed by atoms with Crippen LogP contribution >= 0.6 is 0 Å². The molecule has 1 N–H and O–H groups in total. The van der Waals surface area contributed by atoms with Crippen molar-refractivity contribution in [3.8, 4) is 0 Å². The SMILES string of the molecule is Cc1[nH]c2ccc(Cc3ccc(C(=O)N4CCN(CCc5ccc6ccccc6c5)CC4)cc3)cc2c1C. The van der Waals surface area contributed by atoms with E-state index in [1.807, 2.05) is 17.0 Å². The van der Waals surface area contributed by atoms with Gasteiger partial charge < -0.3 is 9.88 Å². The lowest BCUT2D eigenvalue weighted by Gasteiger charge is -2.34. The number of aromatic nitrogens is 1. The fraction of sp³-hybridized carbons (Fsp3) is 0.265. The van der Waals surface area contributed by atoms with Gasteiger partial charge in [-0.05, 0) is 84.0 Å². The van der Waals surface area contributed by atoms with Gasteiger partial charge >= 0.3 is 0 Å². The third-order valence-electron chi connectivity index (χ3n) is 8.17. The second-order valence-corrected chi connectivity index (χ2v) is 10.7. The summed E-state index contributed by atoms with van der Waals surface area (Å²) in [5.41, 5.74) is 8.41. The number of hydrogen-bond acceptors (Lipinski definition) is 2. The molecule has 192 valence electrons. The number of aryl methyl sites for hydroxylation is 2. The van der Waals surface area contributed by atoms with E-state index in [0.29, 0.717) is 0 Å². The molecule has 4 heteroatoms. The molecule has 0 unspecified atom stereocenters. The summed E-state index contributed by atoms with van der Waals surface area (Å²) < 4.78 is 0. The molecule has 0 spiro atoms. The minimum absolute atomic E-state index is 0.144. The van der Waals surface area contributed by atoms with E-state index >= 15 is 0 Å². The van der Waals surface area contributed by atoms with Crippen LogP contribution in [0.2, 0.25) is 0 Å². The Morgan fingerprint density at radius 2 is 1.47 bits per heavy atom. The number of carbonyl (C=O) groups excluding carboxylic acids is 1. The number of nitrogens with one attached hydrogen (secondary N) is 1. The first kappa shape index (κ1) is 24.4. The average Bonchev–Trinajstić information content (AvgIpc) is 3.24. The second kappa shape index (κ2) is 10.5. The highest BCUT2D eigenvalue weighted by molar-refractivity contribution is 5.94.